The molecule has 0 atom stereocenters. The number of nitrogens with one attached hydrogen (secondary N) is 1. The zero-order valence-electron chi connectivity index (χ0n) is 15.6. The average molecular weight is 483 g/mol. The number of ether oxygens (including phenoxy) is 1. The molecule has 2 aromatic carbocycles. The molecular formula is C19H19BrN2O6S. The molecule has 10 heteroatoms. The maximum absolute atomic E-state index is 12.6. The van der Waals surface area contributed by atoms with Gasteiger partial charge in [-0.15, -0.1) is 0 Å². The van der Waals surface area contributed by atoms with Gasteiger partial charge in [-0.2, -0.15) is 0 Å². The molecule has 3 aromatic rings. The van der Waals surface area contributed by atoms with Gasteiger partial charge in [-0.05, 0) is 36.2 Å². The second kappa shape index (κ2) is 8.93. The third-order valence-corrected chi connectivity index (χ3v) is 6.01. The molecule has 0 saturated carbocycles. The highest BCUT2D eigenvalue weighted by atomic mass is 79.9. The van der Waals surface area contributed by atoms with Gasteiger partial charge in [0.05, 0.1) is 17.0 Å². The van der Waals surface area contributed by atoms with Crippen LogP contribution in [0.1, 0.15) is 18.9 Å². The normalized spacial score (nSPS) is 11.7. The highest BCUT2D eigenvalue weighted by Gasteiger charge is 2.19. The monoisotopic (exact) mass is 482 g/mol. The van der Waals surface area contributed by atoms with Crippen molar-refractivity contribution in [3.63, 3.8) is 0 Å². The lowest BCUT2D eigenvalue weighted by Crippen LogP contribution is -2.23. The number of aromatic nitrogens is 1. The fraction of sp³-hybridized carbons (Fsp3) is 0.263. The van der Waals surface area contributed by atoms with Crippen LogP contribution in [0.5, 0.6) is 0 Å². The Morgan fingerprint density at radius 2 is 1.93 bits per heavy atom. The van der Waals surface area contributed by atoms with E-state index in [1.165, 1.54) is 18.2 Å². The summed E-state index contributed by atoms with van der Waals surface area (Å²) in [6, 6.07) is 11.3. The van der Waals surface area contributed by atoms with E-state index < -0.39 is 21.7 Å². The van der Waals surface area contributed by atoms with Crippen LogP contribution < -0.4 is 10.5 Å². The van der Waals surface area contributed by atoms with E-state index in [1.807, 2.05) is 19.1 Å². The van der Waals surface area contributed by atoms with Crippen molar-refractivity contribution in [2.75, 3.05) is 6.61 Å². The second-order valence-corrected chi connectivity index (χ2v) is 8.94. The van der Waals surface area contributed by atoms with Crippen LogP contribution in [-0.2, 0) is 32.6 Å². The largest absolute Gasteiger partial charge is 0.464 e. The number of fused-ring (bicyclic) bond motifs is 1. The van der Waals surface area contributed by atoms with Crippen LogP contribution in [0.2, 0.25) is 0 Å². The number of sulfonamides is 1. The summed E-state index contributed by atoms with van der Waals surface area (Å²) in [5, 5.41) is 0. The van der Waals surface area contributed by atoms with Gasteiger partial charge in [-0.1, -0.05) is 35.0 Å². The van der Waals surface area contributed by atoms with Crippen molar-refractivity contribution in [1.29, 1.82) is 0 Å². The van der Waals surface area contributed by atoms with Gasteiger partial charge in [0.1, 0.15) is 6.54 Å². The van der Waals surface area contributed by atoms with Gasteiger partial charge in [0.2, 0.25) is 10.0 Å². The third kappa shape index (κ3) is 5.14. The molecule has 1 N–H and O–H groups in total. The van der Waals surface area contributed by atoms with Gasteiger partial charge in [0, 0.05) is 17.1 Å². The summed E-state index contributed by atoms with van der Waals surface area (Å²) in [6.45, 7) is 1.93. The molecule has 0 amide bonds. The Bertz CT molecular complexity index is 1180. The summed E-state index contributed by atoms with van der Waals surface area (Å²) in [6.07, 6.45) is 0.668. The highest BCUT2D eigenvalue weighted by molar-refractivity contribution is 9.10. The van der Waals surface area contributed by atoms with Crippen LogP contribution >= 0.6 is 15.9 Å². The second-order valence-electron chi connectivity index (χ2n) is 6.26. The first kappa shape index (κ1) is 21.3. The first-order valence-corrected chi connectivity index (χ1v) is 11.1. The number of benzene rings is 2. The highest BCUT2D eigenvalue weighted by Crippen LogP contribution is 2.19. The first-order chi connectivity index (χ1) is 13.8. The van der Waals surface area contributed by atoms with Crippen molar-refractivity contribution >= 4 is 43.0 Å². The molecular weight excluding hydrogens is 464 g/mol. The SMILES string of the molecule is CCCOC(=O)Cn1c(=O)oc2cc(S(=O)(=O)NCc3ccc(Br)cc3)ccc21. The summed E-state index contributed by atoms with van der Waals surface area (Å²) in [5.74, 6) is -1.32. The van der Waals surface area contributed by atoms with Gasteiger partial charge in [0.15, 0.2) is 5.58 Å². The number of carbonyl (C=O) groups excluding carboxylic acids is 1. The maximum Gasteiger partial charge on any atom is 0.420 e. The van der Waals surface area contributed by atoms with E-state index in [-0.39, 0.29) is 30.2 Å². The fourth-order valence-electron chi connectivity index (χ4n) is 2.62. The molecule has 0 aliphatic rings. The number of hydrogen-bond acceptors (Lipinski definition) is 6. The van der Waals surface area contributed by atoms with Crippen LogP contribution in [0, 0.1) is 0 Å². The van der Waals surface area contributed by atoms with E-state index in [2.05, 4.69) is 20.7 Å². The van der Waals surface area contributed by atoms with E-state index >= 15 is 0 Å². The molecule has 0 spiro atoms. The van der Waals surface area contributed by atoms with E-state index in [0.717, 1.165) is 14.6 Å². The molecule has 0 bridgehead atoms. The molecule has 29 heavy (non-hydrogen) atoms. The van der Waals surface area contributed by atoms with Gasteiger partial charge in [-0.3, -0.25) is 9.36 Å². The molecule has 1 aromatic heterocycles. The number of rotatable bonds is 8. The van der Waals surface area contributed by atoms with Crippen LogP contribution in [0.4, 0.5) is 0 Å². The van der Waals surface area contributed by atoms with Crippen molar-refractivity contribution < 1.29 is 22.4 Å². The Morgan fingerprint density at radius 3 is 2.62 bits per heavy atom. The molecule has 0 unspecified atom stereocenters. The van der Waals surface area contributed by atoms with Crippen molar-refractivity contribution in [1.82, 2.24) is 9.29 Å². The Kier molecular flexibility index (Phi) is 6.56. The predicted molar refractivity (Wildman–Crippen MR) is 110 cm³/mol. The molecule has 0 saturated heterocycles. The standard InChI is InChI=1S/C19H19BrN2O6S/c1-2-9-27-18(23)12-22-16-8-7-15(10-17(16)28-19(22)24)29(25,26)21-11-13-3-5-14(20)6-4-13/h3-8,10,21H,2,9,11-12H2,1H3. The number of nitrogens with zero attached hydrogens (tertiary/aromatic N) is 1. The molecule has 0 fully saturated rings. The van der Waals surface area contributed by atoms with Gasteiger partial charge in [-0.25, -0.2) is 17.9 Å². The van der Waals surface area contributed by atoms with E-state index in [4.69, 9.17) is 9.15 Å². The molecule has 0 aliphatic carbocycles. The van der Waals surface area contributed by atoms with Crippen molar-refractivity contribution in [2.24, 2.45) is 0 Å². The van der Waals surface area contributed by atoms with Crippen molar-refractivity contribution in [3.05, 3.63) is 63.1 Å². The van der Waals surface area contributed by atoms with E-state index in [0.29, 0.717) is 11.9 Å². The number of oxazole rings is 1. The van der Waals surface area contributed by atoms with Crippen molar-refractivity contribution in [2.45, 2.75) is 31.3 Å². The zero-order valence-corrected chi connectivity index (χ0v) is 18.0. The topological polar surface area (TPSA) is 108 Å². The quantitative estimate of drug-likeness (QED) is 0.494. The summed E-state index contributed by atoms with van der Waals surface area (Å²) >= 11 is 3.33. The molecule has 8 nitrogen and oxygen atoms in total. The minimum atomic E-state index is -3.82. The summed E-state index contributed by atoms with van der Waals surface area (Å²) in [4.78, 5) is 23.8. The molecule has 0 aliphatic heterocycles. The van der Waals surface area contributed by atoms with E-state index in [1.54, 1.807) is 12.1 Å². The minimum Gasteiger partial charge on any atom is -0.464 e. The first-order valence-electron chi connectivity index (χ1n) is 8.83. The molecule has 0 radical (unpaired) electrons. The number of halogens is 1. The Labute approximate surface area is 175 Å². The number of carbonyl (C=O) groups is 1. The summed E-state index contributed by atoms with van der Waals surface area (Å²) < 4.78 is 39.8. The number of hydrogen-bond donors (Lipinski definition) is 1. The predicted octanol–water partition coefficient (Wildman–Crippen LogP) is 2.79. The van der Waals surface area contributed by atoms with Crippen LogP contribution in [-0.4, -0.2) is 25.6 Å². The lowest BCUT2D eigenvalue weighted by atomic mass is 10.2. The number of esters is 1. The smallest absolute Gasteiger partial charge is 0.420 e. The lowest BCUT2D eigenvalue weighted by Gasteiger charge is -2.07. The molecule has 3 rings (SSSR count). The van der Waals surface area contributed by atoms with Gasteiger partial charge < -0.3 is 9.15 Å². The fourth-order valence-corrected chi connectivity index (χ4v) is 3.92. The Morgan fingerprint density at radius 1 is 1.21 bits per heavy atom. The minimum absolute atomic E-state index is 0.0448. The van der Waals surface area contributed by atoms with Gasteiger partial charge >= 0.3 is 11.7 Å². The van der Waals surface area contributed by atoms with E-state index in [9.17, 15) is 18.0 Å². The molecule has 154 valence electrons. The summed E-state index contributed by atoms with van der Waals surface area (Å²) in [7, 11) is -3.82. The third-order valence-electron chi connectivity index (χ3n) is 4.08. The van der Waals surface area contributed by atoms with Crippen LogP contribution in [0.3, 0.4) is 0 Å². The maximum atomic E-state index is 12.6. The average Bonchev–Trinajstić information content (AvgIpc) is 3.00. The lowest BCUT2D eigenvalue weighted by molar-refractivity contribution is -0.144. The Balaban J connectivity index is 1.80. The zero-order chi connectivity index (χ0) is 21.0. The summed E-state index contributed by atoms with van der Waals surface area (Å²) in [5.41, 5.74) is 1.18. The van der Waals surface area contributed by atoms with Crippen molar-refractivity contribution in [3.8, 4) is 0 Å². The van der Waals surface area contributed by atoms with Gasteiger partial charge in [0.25, 0.3) is 0 Å². The van der Waals surface area contributed by atoms with Crippen LogP contribution in [0.25, 0.3) is 11.1 Å². The van der Waals surface area contributed by atoms with Crippen LogP contribution in [0.15, 0.2) is 61.0 Å². The molecule has 1 heterocycles. The Hall–Kier alpha value is -2.43.